The predicted molar refractivity (Wildman–Crippen MR) is 83.8 cm³/mol. The van der Waals surface area contributed by atoms with Crippen LogP contribution in [0.5, 0.6) is 0 Å². The third-order valence-corrected chi connectivity index (χ3v) is 3.90. The predicted octanol–water partition coefficient (Wildman–Crippen LogP) is 1.86. The van der Waals surface area contributed by atoms with E-state index < -0.39 is 0 Å². The Hall–Kier alpha value is -1.85. The lowest BCUT2D eigenvalue weighted by molar-refractivity contribution is 0.0527. The Morgan fingerprint density at radius 3 is 2.76 bits per heavy atom. The molecular formula is C16H22N4O. The monoisotopic (exact) mass is 286 g/mol. The first kappa shape index (κ1) is 14.1. The second-order valence-corrected chi connectivity index (χ2v) is 5.47. The summed E-state index contributed by atoms with van der Waals surface area (Å²) in [6, 6.07) is 10.2. The summed E-state index contributed by atoms with van der Waals surface area (Å²) in [6.07, 6.45) is 0.226. The van der Waals surface area contributed by atoms with E-state index in [9.17, 15) is 0 Å². The van der Waals surface area contributed by atoms with Crippen LogP contribution < -0.4 is 10.6 Å². The van der Waals surface area contributed by atoms with Gasteiger partial charge in [-0.2, -0.15) is 5.10 Å². The van der Waals surface area contributed by atoms with Crippen molar-refractivity contribution in [3.63, 3.8) is 0 Å². The van der Waals surface area contributed by atoms with Crippen molar-refractivity contribution in [2.75, 3.05) is 24.6 Å². The van der Waals surface area contributed by atoms with E-state index in [1.54, 1.807) is 0 Å². The molecule has 1 unspecified atom stereocenters. The number of nitrogens with two attached hydrogens (primary N) is 1. The second-order valence-electron chi connectivity index (χ2n) is 5.47. The minimum Gasteiger partial charge on any atom is -0.375 e. The van der Waals surface area contributed by atoms with Gasteiger partial charge in [0.05, 0.1) is 24.1 Å². The van der Waals surface area contributed by atoms with Gasteiger partial charge in [-0.1, -0.05) is 18.2 Å². The first-order valence-corrected chi connectivity index (χ1v) is 7.41. The third kappa shape index (κ3) is 2.66. The van der Waals surface area contributed by atoms with E-state index in [1.807, 2.05) is 29.8 Å². The summed E-state index contributed by atoms with van der Waals surface area (Å²) in [4.78, 5) is 2.34. The number of anilines is 1. The second kappa shape index (κ2) is 5.87. The fourth-order valence-corrected chi connectivity index (χ4v) is 2.87. The molecule has 112 valence electrons. The van der Waals surface area contributed by atoms with Crippen LogP contribution in [-0.2, 0) is 11.3 Å². The summed E-state index contributed by atoms with van der Waals surface area (Å²) >= 11 is 0. The minimum absolute atomic E-state index is 0.226. The van der Waals surface area contributed by atoms with Gasteiger partial charge >= 0.3 is 0 Å². The molecule has 2 heterocycles. The summed E-state index contributed by atoms with van der Waals surface area (Å²) in [5.74, 6) is 1.11. The van der Waals surface area contributed by atoms with Gasteiger partial charge in [-0.25, -0.2) is 4.68 Å². The van der Waals surface area contributed by atoms with Gasteiger partial charge in [0.2, 0.25) is 0 Å². The molecule has 0 amide bonds. The summed E-state index contributed by atoms with van der Waals surface area (Å²) < 4.78 is 7.66. The normalized spacial score (nSPS) is 19.0. The summed E-state index contributed by atoms with van der Waals surface area (Å²) in [5, 5.41) is 4.71. The van der Waals surface area contributed by atoms with E-state index in [-0.39, 0.29) is 6.10 Å². The van der Waals surface area contributed by atoms with Crippen LogP contribution in [0.3, 0.4) is 0 Å². The number of benzene rings is 1. The molecule has 5 nitrogen and oxygen atoms in total. The Morgan fingerprint density at radius 2 is 2.10 bits per heavy atom. The molecule has 0 saturated carbocycles. The molecule has 2 aromatic rings. The van der Waals surface area contributed by atoms with Gasteiger partial charge in [0, 0.05) is 25.2 Å². The quantitative estimate of drug-likeness (QED) is 0.936. The number of rotatable bonds is 3. The van der Waals surface area contributed by atoms with Crippen LogP contribution >= 0.6 is 0 Å². The van der Waals surface area contributed by atoms with Crippen molar-refractivity contribution in [2.45, 2.75) is 26.5 Å². The number of hydrogen-bond donors (Lipinski definition) is 1. The zero-order valence-corrected chi connectivity index (χ0v) is 12.6. The third-order valence-electron chi connectivity index (χ3n) is 3.90. The number of ether oxygens (including phenoxy) is 1. The lowest BCUT2D eigenvalue weighted by Gasteiger charge is -2.33. The Balaban J connectivity index is 2.08. The zero-order valence-electron chi connectivity index (χ0n) is 12.6. The van der Waals surface area contributed by atoms with Crippen LogP contribution in [-0.4, -0.2) is 35.6 Å². The summed E-state index contributed by atoms with van der Waals surface area (Å²) in [5.41, 5.74) is 9.15. The van der Waals surface area contributed by atoms with Gasteiger partial charge in [-0.05, 0) is 26.0 Å². The molecule has 3 rings (SSSR count). The van der Waals surface area contributed by atoms with Crippen LogP contribution in [0.2, 0.25) is 0 Å². The molecule has 2 N–H and O–H groups in total. The van der Waals surface area contributed by atoms with Gasteiger partial charge in [0.1, 0.15) is 5.82 Å². The number of para-hydroxylation sites is 1. The smallest absolute Gasteiger partial charge is 0.137 e. The average molecular weight is 286 g/mol. The maximum absolute atomic E-state index is 5.97. The fourth-order valence-electron chi connectivity index (χ4n) is 2.87. The Bertz CT molecular complexity index is 608. The van der Waals surface area contributed by atoms with Crippen molar-refractivity contribution in [2.24, 2.45) is 5.73 Å². The van der Waals surface area contributed by atoms with Gasteiger partial charge in [-0.3, -0.25) is 0 Å². The first-order valence-electron chi connectivity index (χ1n) is 7.41. The van der Waals surface area contributed by atoms with Crippen molar-refractivity contribution in [1.82, 2.24) is 9.78 Å². The fraction of sp³-hybridized carbons (Fsp3) is 0.438. The van der Waals surface area contributed by atoms with Crippen molar-refractivity contribution in [3.05, 3.63) is 41.6 Å². The van der Waals surface area contributed by atoms with Crippen molar-refractivity contribution < 1.29 is 4.74 Å². The summed E-state index contributed by atoms with van der Waals surface area (Å²) in [7, 11) is 0. The van der Waals surface area contributed by atoms with Crippen LogP contribution in [0.1, 0.15) is 18.2 Å². The molecule has 1 saturated heterocycles. The number of aromatic nitrogens is 2. The van der Waals surface area contributed by atoms with Gasteiger partial charge in [0.25, 0.3) is 0 Å². The Labute approximate surface area is 125 Å². The molecule has 1 aromatic carbocycles. The van der Waals surface area contributed by atoms with Crippen LogP contribution in [0.4, 0.5) is 5.82 Å². The highest BCUT2D eigenvalue weighted by Crippen LogP contribution is 2.28. The number of nitrogens with zero attached hydrogens (tertiary/aromatic N) is 3. The number of morpholine rings is 1. The molecule has 21 heavy (non-hydrogen) atoms. The van der Waals surface area contributed by atoms with Crippen LogP contribution in [0, 0.1) is 6.92 Å². The van der Waals surface area contributed by atoms with E-state index in [4.69, 9.17) is 15.6 Å². The number of aryl methyl sites for hydroxylation is 1. The van der Waals surface area contributed by atoms with Crippen LogP contribution in [0.25, 0.3) is 5.69 Å². The summed E-state index contributed by atoms with van der Waals surface area (Å²) in [6.45, 7) is 7.10. The average Bonchev–Trinajstić information content (AvgIpc) is 2.85. The molecule has 5 heteroatoms. The molecule has 0 radical (unpaired) electrons. The lowest BCUT2D eigenvalue weighted by Crippen LogP contribution is -2.42. The highest BCUT2D eigenvalue weighted by molar-refractivity contribution is 5.55. The molecule has 1 aliphatic rings. The van der Waals surface area contributed by atoms with Crippen molar-refractivity contribution >= 4 is 5.82 Å². The first-order chi connectivity index (χ1) is 10.2. The van der Waals surface area contributed by atoms with Crippen molar-refractivity contribution in [1.29, 1.82) is 0 Å². The topological polar surface area (TPSA) is 56.3 Å². The molecule has 1 aromatic heterocycles. The van der Waals surface area contributed by atoms with Crippen LogP contribution in [0.15, 0.2) is 30.3 Å². The van der Waals surface area contributed by atoms with E-state index in [0.717, 1.165) is 42.5 Å². The molecule has 0 spiro atoms. The highest BCUT2D eigenvalue weighted by Gasteiger charge is 2.25. The number of hydrogen-bond acceptors (Lipinski definition) is 4. The van der Waals surface area contributed by atoms with E-state index in [1.165, 1.54) is 0 Å². The Morgan fingerprint density at radius 1 is 1.33 bits per heavy atom. The molecular weight excluding hydrogens is 264 g/mol. The largest absolute Gasteiger partial charge is 0.375 e. The highest BCUT2D eigenvalue weighted by atomic mass is 16.5. The molecule has 1 fully saturated rings. The Kier molecular flexibility index (Phi) is 3.94. The van der Waals surface area contributed by atoms with Crippen molar-refractivity contribution in [3.8, 4) is 5.69 Å². The maximum Gasteiger partial charge on any atom is 0.137 e. The van der Waals surface area contributed by atoms with Gasteiger partial charge in [-0.15, -0.1) is 0 Å². The minimum atomic E-state index is 0.226. The van der Waals surface area contributed by atoms with E-state index >= 15 is 0 Å². The van der Waals surface area contributed by atoms with E-state index in [2.05, 4.69) is 24.0 Å². The standard InChI is InChI=1S/C16H22N4O/c1-12-11-19(8-9-21-12)16-15(10-17)13(2)18-20(16)14-6-4-3-5-7-14/h3-7,12H,8-11,17H2,1-2H3. The van der Waals surface area contributed by atoms with Gasteiger partial charge in [0.15, 0.2) is 0 Å². The zero-order chi connectivity index (χ0) is 14.8. The maximum atomic E-state index is 5.97. The van der Waals surface area contributed by atoms with Gasteiger partial charge < -0.3 is 15.4 Å². The molecule has 1 aliphatic heterocycles. The molecule has 0 aliphatic carbocycles. The van der Waals surface area contributed by atoms with E-state index in [0.29, 0.717) is 6.54 Å². The molecule has 0 bridgehead atoms. The SMILES string of the molecule is Cc1nn(-c2ccccc2)c(N2CCOC(C)C2)c1CN. The lowest BCUT2D eigenvalue weighted by atomic mass is 10.2. The molecule has 1 atom stereocenters.